The number of carbonyl (C=O) groups is 1. The van der Waals surface area contributed by atoms with Crippen LogP contribution in [-0.2, 0) is 27.7 Å². The molecular formula is C19H23NO3S. The third-order valence-electron chi connectivity index (χ3n) is 3.60. The lowest BCUT2D eigenvalue weighted by Gasteiger charge is -2.06. The quantitative estimate of drug-likeness (QED) is 0.673. The topological polar surface area (TPSA) is 69.4 Å². The van der Waals surface area contributed by atoms with Crippen molar-refractivity contribution in [3.05, 3.63) is 71.3 Å². The molecule has 0 radical (unpaired) electrons. The minimum atomic E-state index is -0.926. The van der Waals surface area contributed by atoms with Crippen molar-refractivity contribution in [3.8, 4) is 0 Å². The van der Waals surface area contributed by atoms with Crippen molar-refractivity contribution in [2.45, 2.75) is 18.6 Å². The van der Waals surface area contributed by atoms with Gasteiger partial charge < -0.3 is 10.5 Å². The van der Waals surface area contributed by atoms with E-state index in [4.69, 9.17) is 10.5 Å². The minimum Gasteiger partial charge on any atom is -0.381 e. The fraction of sp³-hybridized carbons (Fsp3) is 0.316. The normalized spacial score (nSPS) is 12.0. The Kier molecular flexibility index (Phi) is 7.65. The molecule has 2 N–H and O–H groups in total. The Morgan fingerprint density at radius 1 is 0.958 bits per heavy atom. The average molecular weight is 345 g/mol. The van der Waals surface area contributed by atoms with Gasteiger partial charge in [0, 0.05) is 34.5 Å². The lowest BCUT2D eigenvalue weighted by molar-refractivity contribution is 0.100. The van der Waals surface area contributed by atoms with Crippen molar-refractivity contribution in [1.29, 1.82) is 0 Å². The molecule has 0 saturated heterocycles. The fourth-order valence-corrected chi connectivity index (χ4v) is 3.43. The molecule has 2 rings (SSSR count). The molecule has 0 aliphatic rings. The SMILES string of the molecule is NC(=O)c1ccc(C[S@](=O)CCCOCCc2ccccc2)cc1. The van der Waals surface area contributed by atoms with Crippen LogP contribution in [0.15, 0.2) is 54.6 Å². The molecule has 24 heavy (non-hydrogen) atoms. The van der Waals surface area contributed by atoms with E-state index in [1.54, 1.807) is 24.3 Å². The van der Waals surface area contributed by atoms with E-state index in [2.05, 4.69) is 12.1 Å². The first-order valence-corrected chi connectivity index (χ1v) is 9.49. The summed E-state index contributed by atoms with van der Waals surface area (Å²) < 4.78 is 17.6. The van der Waals surface area contributed by atoms with E-state index in [0.29, 0.717) is 30.3 Å². The molecule has 0 aliphatic heterocycles. The first-order valence-electron chi connectivity index (χ1n) is 8.00. The number of amides is 1. The van der Waals surface area contributed by atoms with Gasteiger partial charge >= 0.3 is 0 Å². The maximum Gasteiger partial charge on any atom is 0.248 e. The van der Waals surface area contributed by atoms with E-state index in [9.17, 15) is 9.00 Å². The van der Waals surface area contributed by atoms with E-state index in [-0.39, 0.29) is 0 Å². The molecule has 0 saturated carbocycles. The maximum absolute atomic E-state index is 12.0. The first-order chi connectivity index (χ1) is 11.6. The van der Waals surface area contributed by atoms with Crippen LogP contribution in [0, 0.1) is 0 Å². The highest BCUT2D eigenvalue weighted by Crippen LogP contribution is 2.07. The smallest absolute Gasteiger partial charge is 0.248 e. The van der Waals surface area contributed by atoms with Crippen molar-refractivity contribution in [2.24, 2.45) is 5.73 Å². The summed E-state index contributed by atoms with van der Waals surface area (Å²) in [6, 6.07) is 17.2. The number of benzene rings is 2. The standard InChI is InChI=1S/C19H23NO3S/c20-19(21)18-9-7-17(8-10-18)15-24(22)14-4-12-23-13-11-16-5-2-1-3-6-16/h1-3,5-10H,4,11-15H2,(H2,20,21)/t24-/m1/s1. The van der Waals surface area contributed by atoms with Crippen LogP contribution in [0.3, 0.4) is 0 Å². The Morgan fingerprint density at radius 2 is 1.67 bits per heavy atom. The molecule has 0 fully saturated rings. The number of primary amides is 1. The van der Waals surface area contributed by atoms with Crippen molar-refractivity contribution in [1.82, 2.24) is 0 Å². The second-order valence-corrected chi connectivity index (χ2v) is 7.13. The number of nitrogens with two attached hydrogens (primary N) is 1. The summed E-state index contributed by atoms with van der Waals surface area (Å²) in [6.45, 7) is 1.31. The Labute approximate surface area is 145 Å². The molecule has 0 heterocycles. The molecule has 4 nitrogen and oxygen atoms in total. The highest BCUT2D eigenvalue weighted by molar-refractivity contribution is 7.84. The molecule has 0 spiro atoms. The van der Waals surface area contributed by atoms with Gasteiger partial charge in [-0.15, -0.1) is 0 Å². The van der Waals surface area contributed by atoms with Crippen LogP contribution in [0.5, 0.6) is 0 Å². The predicted molar refractivity (Wildman–Crippen MR) is 97.3 cm³/mol. The molecule has 1 atom stereocenters. The van der Waals surface area contributed by atoms with E-state index in [1.807, 2.05) is 18.2 Å². The van der Waals surface area contributed by atoms with Gasteiger partial charge in [-0.3, -0.25) is 9.00 Å². The highest BCUT2D eigenvalue weighted by Gasteiger charge is 2.04. The Bertz CT molecular complexity index is 656. The van der Waals surface area contributed by atoms with Gasteiger partial charge in [0.2, 0.25) is 5.91 Å². The first kappa shape index (κ1) is 18.4. The Hall–Kier alpha value is -1.98. The Balaban J connectivity index is 1.58. The summed E-state index contributed by atoms with van der Waals surface area (Å²) in [4.78, 5) is 11.0. The largest absolute Gasteiger partial charge is 0.381 e. The lowest BCUT2D eigenvalue weighted by atomic mass is 10.1. The molecular weight excluding hydrogens is 322 g/mol. The van der Waals surface area contributed by atoms with Crippen molar-refractivity contribution in [3.63, 3.8) is 0 Å². The van der Waals surface area contributed by atoms with Gasteiger partial charge in [-0.25, -0.2) is 0 Å². The van der Waals surface area contributed by atoms with Crippen molar-refractivity contribution >= 4 is 16.7 Å². The van der Waals surface area contributed by atoms with Crippen LogP contribution in [0.2, 0.25) is 0 Å². The third kappa shape index (κ3) is 6.64. The van der Waals surface area contributed by atoms with Crippen molar-refractivity contribution < 1.29 is 13.7 Å². The molecule has 5 heteroatoms. The monoisotopic (exact) mass is 345 g/mol. The molecule has 0 bridgehead atoms. The van der Waals surface area contributed by atoms with Crippen LogP contribution in [0.1, 0.15) is 27.9 Å². The average Bonchev–Trinajstić information content (AvgIpc) is 2.59. The molecule has 2 aromatic rings. The zero-order valence-corrected chi connectivity index (χ0v) is 14.5. The van der Waals surface area contributed by atoms with Gasteiger partial charge in [0.15, 0.2) is 0 Å². The molecule has 0 unspecified atom stereocenters. The molecule has 0 aliphatic carbocycles. The van der Waals surface area contributed by atoms with Crippen LogP contribution in [-0.4, -0.2) is 29.1 Å². The fourth-order valence-electron chi connectivity index (χ4n) is 2.28. The van der Waals surface area contributed by atoms with Gasteiger partial charge in [0.25, 0.3) is 0 Å². The van der Waals surface area contributed by atoms with E-state index >= 15 is 0 Å². The maximum atomic E-state index is 12.0. The van der Waals surface area contributed by atoms with E-state index < -0.39 is 16.7 Å². The van der Waals surface area contributed by atoms with Gasteiger partial charge in [-0.05, 0) is 36.1 Å². The molecule has 128 valence electrons. The summed E-state index contributed by atoms with van der Waals surface area (Å²) in [5, 5.41) is 0. The highest BCUT2D eigenvalue weighted by atomic mass is 32.2. The Morgan fingerprint density at radius 3 is 2.33 bits per heavy atom. The van der Waals surface area contributed by atoms with Crippen LogP contribution >= 0.6 is 0 Å². The molecule has 1 amide bonds. The third-order valence-corrected chi connectivity index (χ3v) is 5.00. The second kappa shape index (κ2) is 10.0. The summed E-state index contributed by atoms with van der Waals surface area (Å²) in [7, 11) is -0.926. The van der Waals surface area contributed by atoms with E-state index in [1.165, 1.54) is 5.56 Å². The minimum absolute atomic E-state index is 0.449. The number of carbonyl (C=O) groups excluding carboxylic acids is 1. The van der Waals surface area contributed by atoms with Crippen LogP contribution in [0.4, 0.5) is 0 Å². The van der Waals surface area contributed by atoms with Gasteiger partial charge in [-0.2, -0.15) is 0 Å². The van der Waals surface area contributed by atoms with E-state index in [0.717, 1.165) is 18.4 Å². The summed E-state index contributed by atoms with van der Waals surface area (Å²) in [6.07, 6.45) is 1.68. The summed E-state index contributed by atoms with van der Waals surface area (Å²) in [5.41, 5.74) is 7.88. The second-order valence-electron chi connectivity index (χ2n) is 5.55. The molecule has 2 aromatic carbocycles. The molecule has 0 aromatic heterocycles. The number of hydrogen-bond donors (Lipinski definition) is 1. The van der Waals surface area contributed by atoms with Crippen LogP contribution < -0.4 is 5.73 Å². The number of hydrogen-bond acceptors (Lipinski definition) is 3. The lowest BCUT2D eigenvalue weighted by Crippen LogP contribution is -2.11. The summed E-state index contributed by atoms with van der Waals surface area (Å²) >= 11 is 0. The van der Waals surface area contributed by atoms with Gasteiger partial charge in [-0.1, -0.05) is 42.5 Å². The summed E-state index contributed by atoms with van der Waals surface area (Å²) in [5.74, 6) is 0.654. The zero-order valence-electron chi connectivity index (χ0n) is 13.6. The van der Waals surface area contributed by atoms with Gasteiger partial charge in [0.05, 0.1) is 6.61 Å². The van der Waals surface area contributed by atoms with Gasteiger partial charge in [0.1, 0.15) is 0 Å². The van der Waals surface area contributed by atoms with Crippen molar-refractivity contribution in [2.75, 3.05) is 19.0 Å². The predicted octanol–water partition coefficient (Wildman–Crippen LogP) is 2.68. The zero-order chi connectivity index (χ0) is 17.2. The van der Waals surface area contributed by atoms with Crippen LogP contribution in [0.25, 0.3) is 0 Å². The number of rotatable bonds is 10. The number of ether oxygens (including phenoxy) is 1.